The number of imidazole rings is 1. The first kappa shape index (κ1) is 30.5. The molecule has 1 atom stereocenters. The van der Waals surface area contributed by atoms with E-state index >= 15 is 4.39 Å². The molecule has 1 N–H and O–H groups in total. The zero-order chi connectivity index (χ0) is 31.0. The number of nitrogens with zero attached hydrogens (tertiary/aromatic N) is 4. The zero-order valence-electron chi connectivity index (χ0n) is 25.4. The van der Waals surface area contributed by atoms with Crippen LogP contribution in [-0.2, 0) is 4.74 Å². The van der Waals surface area contributed by atoms with E-state index in [1.807, 2.05) is 49.6 Å². The lowest BCUT2D eigenvalue weighted by atomic mass is 10.0. The summed E-state index contributed by atoms with van der Waals surface area (Å²) < 4.78 is 37.2. The van der Waals surface area contributed by atoms with Crippen LogP contribution in [0.15, 0.2) is 42.6 Å². The number of hydrogen-bond acceptors (Lipinski definition) is 6. The van der Waals surface area contributed by atoms with Crippen molar-refractivity contribution in [1.29, 1.82) is 0 Å². The number of carbonyl (C=O) groups is 2. The second kappa shape index (κ2) is 12.4. The number of aromatic nitrogens is 2. The van der Waals surface area contributed by atoms with Crippen LogP contribution < -0.4 is 5.32 Å². The summed E-state index contributed by atoms with van der Waals surface area (Å²) in [4.78, 5) is 34.9. The van der Waals surface area contributed by atoms with Gasteiger partial charge in [-0.15, -0.1) is 0 Å². The molecule has 234 valence electrons. The molecule has 0 bridgehead atoms. The average Bonchev–Trinajstić information content (AvgIpc) is 3.70. The number of benzene rings is 2. The van der Waals surface area contributed by atoms with Crippen molar-refractivity contribution in [2.45, 2.75) is 70.7 Å². The molecule has 8 nitrogen and oxygen atoms in total. The molecule has 2 aromatic heterocycles. The Labute approximate surface area is 260 Å². The first-order chi connectivity index (χ1) is 21.1. The van der Waals surface area contributed by atoms with Gasteiger partial charge in [0.05, 0.1) is 22.0 Å². The van der Waals surface area contributed by atoms with Gasteiger partial charge in [-0.05, 0) is 95.3 Å². The van der Waals surface area contributed by atoms with Gasteiger partial charge in [-0.3, -0.25) is 9.20 Å². The number of rotatable bonds is 7. The van der Waals surface area contributed by atoms with Gasteiger partial charge in [-0.1, -0.05) is 17.4 Å². The van der Waals surface area contributed by atoms with E-state index in [0.29, 0.717) is 47.7 Å². The van der Waals surface area contributed by atoms with Crippen LogP contribution in [0.3, 0.4) is 0 Å². The highest BCUT2D eigenvalue weighted by molar-refractivity contribution is 7.23. The number of nitrogens with one attached hydrogen (secondary N) is 1. The van der Waals surface area contributed by atoms with E-state index in [4.69, 9.17) is 9.72 Å². The van der Waals surface area contributed by atoms with E-state index in [2.05, 4.69) is 10.2 Å². The van der Waals surface area contributed by atoms with Crippen molar-refractivity contribution in [1.82, 2.24) is 24.5 Å². The van der Waals surface area contributed by atoms with E-state index in [9.17, 15) is 14.0 Å². The Morgan fingerprint density at radius 1 is 1.09 bits per heavy atom. The molecule has 4 heterocycles. The number of amides is 2. The quantitative estimate of drug-likeness (QED) is 0.225. The molecule has 0 saturated carbocycles. The molecule has 2 amide bonds. The number of likely N-dealkylation sites (tertiary alicyclic amines) is 2. The number of thiazole rings is 1. The zero-order valence-corrected chi connectivity index (χ0v) is 26.3. The third kappa shape index (κ3) is 6.58. The van der Waals surface area contributed by atoms with Crippen LogP contribution >= 0.6 is 11.3 Å². The number of carbonyl (C=O) groups excluding carboxylic acids is 2. The third-order valence-electron chi connectivity index (χ3n) is 8.34. The van der Waals surface area contributed by atoms with Crippen LogP contribution in [0.2, 0.25) is 0 Å². The molecule has 2 aliphatic rings. The number of halogens is 2. The Hall–Kier alpha value is -3.57. The third-order valence-corrected chi connectivity index (χ3v) is 9.36. The fraction of sp³-hybridized carbons (Fsp3) is 0.485. The van der Waals surface area contributed by atoms with Crippen molar-refractivity contribution in [2.75, 3.05) is 32.7 Å². The molecule has 6 rings (SSSR count). The number of fused-ring (bicyclic) bond motifs is 3. The Morgan fingerprint density at radius 3 is 2.64 bits per heavy atom. The molecule has 2 aliphatic heterocycles. The SMILES string of the molecule is CC(C)(C)OC(=O)N1CCC[C@H]1c1ccc(-c2cn3c(n2)sc2cc(C(=O)NCCCN4CCC(F)CC4)ccc23)c(F)c1. The van der Waals surface area contributed by atoms with E-state index in [1.54, 1.807) is 17.0 Å². The van der Waals surface area contributed by atoms with Gasteiger partial charge in [-0.2, -0.15) is 0 Å². The Morgan fingerprint density at radius 2 is 1.89 bits per heavy atom. The van der Waals surface area contributed by atoms with Crippen molar-refractivity contribution < 1.29 is 23.1 Å². The molecule has 2 saturated heterocycles. The number of ether oxygens (including phenoxy) is 1. The van der Waals surface area contributed by atoms with Crippen molar-refractivity contribution in [2.24, 2.45) is 0 Å². The Kier molecular flexibility index (Phi) is 8.61. The van der Waals surface area contributed by atoms with Crippen LogP contribution in [-0.4, -0.2) is 75.7 Å². The summed E-state index contributed by atoms with van der Waals surface area (Å²) in [6.45, 7) is 9.07. The maximum atomic E-state index is 15.5. The summed E-state index contributed by atoms with van der Waals surface area (Å²) in [5.41, 5.74) is 2.54. The van der Waals surface area contributed by atoms with E-state index in [-0.39, 0.29) is 23.9 Å². The van der Waals surface area contributed by atoms with Gasteiger partial charge in [0.15, 0.2) is 4.96 Å². The van der Waals surface area contributed by atoms with Gasteiger partial charge < -0.3 is 19.9 Å². The van der Waals surface area contributed by atoms with Gasteiger partial charge in [0, 0.05) is 43.5 Å². The van der Waals surface area contributed by atoms with Crippen molar-refractivity contribution in [3.8, 4) is 11.3 Å². The molecule has 0 unspecified atom stereocenters. The minimum atomic E-state index is -0.679. The fourth-order valence-corrected chi connectivity index (χ4v) is 7.15. The van der Waals surface area contributed by atoms with Gasteiger partial charge in [0.25, 0.3) is 5.91 Å². The van der Waals surface area contributed by atoms with Crippen molar-refractivity contribution >= 4 is 38.5 Å². The highest BCUT2D eigenvalue weighted by Crippen LogP contribution is 2.36. The lowest BCUT2D eigenvalue weighted by molar-refractivity contribution is 0.0224. The highest BCUT2D eigenvalue weighted by Gasteiger charge is 2.33. The molecule has 0 spiro atoms. The lowest BCUT2D eigenvalue weighted by Gasteiger charge is -2.29. The lowest BCUT2D eigenvalue weighted by Crippen LogP contribution is -2.36. The minimum Gasteiger partial charge on any atom is -0.444 e. The van der Waals surface area contributed by atoms with E-state index in [1.165, 1.54) is 17.4 Å². The molecule has 44 heavy (non-hydrogen) atoms. The van der Waals surface area contributed by atoms with Gasteiger partial charge in [0.1, 0.15) is 17.6 Å². The average molecular weight is 624 g/mol. The molecule has 2 aromatic carbocycles. The smallest absolute Gasteiger partial charge is 0.410 e. The predicted molar refractivity (Wildman–Crippen MR) is 168 cm³/mol. The van der Waals surface area contributed by atoms with Crippen LogP contribution in [0, 0.1) is 5.82 Å². The second-order valence-corrected chi connectivity index (χ2v) is 13.8. The maximum absolute atomic E-state index is 15.5. The molecule has 4 aromatic rings. The summed E-state index contributed by atoms with van der Waals surface area (Å²) in [6.07, 6.45) is 4.36. The van der Waals surface area contributed by atoms with Crippen molar-refractivity contribution in [3.05, 3.63) is 59.5 Å². The summed E-state index contributed by atoms with van der Waals surface area (Å²) in [5.74, 6) is -0.518. The maximum Gasteiger partial charge on any atom is 0.410 e. The van der Waals surface area contributed by atoms with Crippen LogP contribution in [0.1, 0.15) is 74.8 Å². The molecule has 11 heteroatoms. The number of hydrogen-bond donors (Lipinski definition) is 1. The predicted octanol–water partition coefficient (Wildman–Crippen LogP) is 6.98. The topological polar surface area (TPSA) is 79.2 Å². The second-order valence-electron chi connectivity index (χ2n) is 12.8. The molecule has 2 fully saturated rings. The molecular weight excluding hydrogens is 584 g/mol. The van der Waals surface area contributed by atoms with Crippen LogP contribution in [0.4, 0.5) is 13.6 Å². The normalized spacial score (nSPS) is 18.4. The number of piperidine rings is 1. The summed E-state index contributed by atoms with van der Waals surface area (Å²) in [7, 11) is 0. The van der Waals surface area contributed by atoms with Crippen LogP contribution in [0.5, 0.6) is 0 Å². The largest absolute Gasteiger partial charge is 0.444 e. The monoisotopic (exact) mass is 623 g/mol. The molecular formula is C33H39F2N5O3S. The summed E-state index contributed by atoms with van der Waals surface area (Å²) in [5, 5.41) is 2.99. The van der Waals surface area contributed by atoms with E-state index in [0.717, 1.165) is 54.7 Å². The molecule has 0 radical (unpaired) electrons. The van der Waals surface area contributed by atoms with Crippen molar-refractivity contribution in [3.63, 3.8) is 0 Å². The van der Waals surface area contributed by atoms with Gasteiger partial charge >= 0.3 is 6.09 Å². The summed E-state index contributed by atoms with van der Waals surface area (Å²) in [6, 6.07) is 10.4. The Bertz CT molecular complexity index is 1670. The van der Waals surface area contributed by atoms with Crippen LogP contribution in [0.25, 0.3) is 26.4 Å². The highest BCUT2D eigenvalue weighted by atomic mass is 32.1. The minimum absolute atomic E-state index is 0.129. The molecule has 0 aliphatic carbocycles. The first-order valence-corrected chi connectivity index (χ1v) is 16.2. The first-order valence-electron chi connectivity index (χ1n) is 15.4. The van der Waals surface area contributed by atoms with Gasteiger partial charge in [-0.25, -0.2) is 18.6 Å². The standard InChI is InChI=1S/C33H39F2N5O3S/c1-33(2,3)43-32(42)39-15-4-6-27(39)21-7-9-24(25(35)18-21)26-20-40-28-10-8-22(19-29(28)44-31(40)37-26)30(41)36-13-5-14-38-16-11-23(34)12-17-38/h7-10,18-20,23,27H,4-6,11-17H2,1-3H3,(H,36,41)/t27-/m0/s1. The van der Waals surface area contributed by atoms with E-state index < -0.39 is 11.8 Å². The van der Waals surface area contributed by atoms with Gasteiger partial charge in [0.2, 0.25) is 0 Å². The summed E-state index contributed by atoms with van der Waals surface area (Å²) >= 11 is 1.45. The Balaban J connectivity index is 1.12. The number of alkyl halides is 1. The fourth-order valence-electron chi connectivity index (χ4n) is 6.10.